The molecular formula is C19H24N4O6S. The van der Waals surface area contributed by atoms with Crippen LogP contribution >= 0.6 is 0 Å². The van der Waals surface area contributed by atoms with Crippen molar-refractivity contribution in [2.45, 2.75) is 24.8 Å². The summed E-state index contributed by atoms with van der Waals surface area (Å²) < 4.78 is 33.8. The van der Waals surface area contributed by atoms with Gasteiger partial charge < -0.3 is 14.7 Å². The highest BCUT2D eigenvalue weighted by atomic mass is 32.2. The topological polar surface area (TPSA) is 122 Å². The minimum atomic E-state index is -3.67. The van der Waals surface area contributed by atoms with Crippen molar-refractivity contribution in [3.63, 3.8) is 0 Å². The Morgan fingerprint density at radius 3 is 2.37 bits per heavy atom. The largest absolute Gasteiger partial charge is 0.494 e. The average molecular weight is 436 g/mol. The lowest BCUT2D eigenvalue weighted by Gasteiger charge is -2.34. The van der Waals surface area contributed by atoms with E-state index in [1.807, 2.05) is 6.92 Å². The number of benzene rings is 1. The Bertz CT molecular complexity index is 994. The fraction of sp³-hybridized carbons (Fsp3) is 0.421. The molecule has 0 spiro atoms. The highest BCUT2D eigenvalue weighted by Gasteiger charge is 2.31. The third-order valence-corrected chi connectivity index (χ3v) is 6.68. The molecular weight excluding hydrogens is 412 g/mol. The zero-order valence-electron chi connectivity index (χ0n) is 16.6. The summed E-state index contributed by atoms with van der Waals surface area (Å²) in [6.07, 6.45) is 1.30. The maximum absolute atomic E-state index is 12.9. The van der Waals surface area contributed by atoms with Gasteiger partial charge in [-0.3, -0.25) is 14.3 Å². The van der Waals surface area contributed by atoms with Crippen molar-refractivity contribution in [1.82, 2.24) is 19.0 Å². The first-order valence-electron chi connectivity index (χ1n) is 9.59. The molecule has 2 heterocycles. The molecule has 1 fully saturated rings. The number of hydrogen-bond acceptors (Lipinski definition) is 6. The molecule has 1 N–H and O–H groups in total. The monoisotopic (exact) mass is 436 g/mol. The SMILES string of the molecule is CCOc1ccc(S(=O)(=O)N2CCN(C(=O)c3ccnn3CCC(=O)O)CC2)cc1. The van der Waals surface area contributed by atoms with Crippen LogP contribution in [-0.4, -0.2) is 77.2 Å². The number of sulfonamides is 1. The first-order chi connectivity index (χ1) is 14.3. The molecule has 2 aromatic rings. The van der Waals surface area contributed by atoms with Crippen LogP contribution in [0.15, 0.2) is 41.4 Å². The quantitative estimate of drug-likeness (QED) is 0.652. The normalized spacial score (nSPS) is 15.2. The lowest BCUT2D eigenvalue weighted by atomic mass is 10.3. The van der Waals surface area contributed by atoms with Crippen LogP contribution in [0.5, 0.6) is 5.75 Å². The van der Waals surface area contributed by atoms with E-state index in [2.05, 4.69) is 5.10 Å². The fourth-order valence-corrected chi connectivity index (χ4v) is 4.63. The maximum Gasteiger partial charge on any atom is 0.305 e. The molecule has 11 heteroatoms. The minimum Gasteiger partial charge on any atom is -0.494 e. The molecule has 3 rings (SSSR count). The van der Waals surface area contributed by atoms with Crippen LogP contribution in [0.3, 0.4) is 0 Å². The van der Waals surface area contributed by atoms with E-state index in [0.717, 1.165) is 0 Å². The number of carbonyl (C=O) groups is 2. The first kappa shape index (κ1) is 21.8. The van der Waals surface area contributed by atoms with E-state index in [0.29, 0.717) is 18.1 Å². The summed E-state index contributed by atoms with van der Waals surface area (Å²) in [7, 11) is -3.67. The summed E-state index contributed by atoms with van der Waals surface area (Å²) in [5.74, 6) is -0.667. The van der Waals surface area contributed by atoms with Gasteiger partial charge in [0.25, 0.3) is 5.91 Å². The summed E-state index contributed by atoms with van der Waals surface area (Å²) >= 11 is 0. The van der Waals surface area contributed by atoms with E-state index in [1.54, 1.807) is 17.0 Å². The van der Waals surface area contributed by atoms with Crippen LogP contribution < -0.4 is 4.74 Å². The number of aryl methyl sites for hydroxylation is 1. The van der Waals surface area contributed by atoms with Gasteiger partial charge in [0.1, 0.15) is 11.4 Å². The highest BCUT2D eigenvalue weighted by Crippen LogP contribution is 2.21. The van der Waals surface area contributed by atoms with Gasteiger partial charge in [-0.2, -0.15) is 9.40 Å². The summed E-state index contributed by atoms with van der Waals surface area (Å²) in [4.78, 5) is 25.3. The minimum absolute atomic E-state index is 0.0927. The van der Waals surface area contributed by atoms with Gasteiger partial charge in [-0.25, -0.2) is 8.42 Å². The molecule has 0 aliphatic carbocycles. The number of rotatable bonds is 8. The van der Waals surface area contributed by atoms with E-state index >= 15 is 0 Å². The van der Waals surface area contributed by atoms with Crippen molar-refractivity contribution in [1.29, 1.82) is 0 Å². The van der Waals surface area contributed by atoms with Gasteiger partial charge in [-0.05, 0) is 37.3 Å². The molecule has 1 aliphatic heterocycles. The summed E-state index contributed by atoms with van der Waals surface area (Å²) in [5.41, 5.74) is 0.291. The van der Waals surface area contributed by atoms with Crippen LogP contribution in [0.2, 0.25) is 0 Å². The van der Waals surface area contributed by atoms with Crippen molar-refractivity contribution in [3.8, 4) is 5.75 Å². The standard InChI is InChI=1S/C19H24N4O6S/c1-2-29-15-3-5-16(6-4-15)30(27,28)22-13-11-21(12-14-22)19(26)17-7-9-20-23(17)10-8-18(24)25/h3-7,9H,2,8,10-14H2,1H3,(H,24,25). The molecule has 0 atom stereocenters. The molecule has 0 bridgehead atoms. The smallest absolute Gasteiger partial charge is 0.305 e. The predicted molar refractivity (Wildman–Crippen MR) is 107 cm³/mol. The Hall–Kier alpha value is -2.92. The van der Waals surface area contributed by atoms with Crippen LogP contribution in [-0.2, 0) is 21.4 Å². The first-order valence-corrected chi connectivity index (χ1v) is 11.0. The van der Waals surface area contributed by atoms with Gasteiger partial charge >= 0.3 is 5.97 Å². The lowest BCUT2D eigenvalue weighted by molar-refractivity contribution is -0.137. The Morgan fingerprint density at radius 1 is 1.10 bits per heavy atom. The van der Waals surface area contributed by atoms with E-state index in [1.165, 1.54) is 33.4 Å². The number of aliphatic carboxylic acids is 1. The van der Waals surface area contributed by atoms with Crippen LogP contribution in [0, 0.1) is 0 Å². The van der Waals surface area contributed by atoms with Gasteiger partial charge in [0.2, 0.25) is 10.0 Å². The molecule has 0 saturated carbocycles. The van der Waals surface area contributed by atoms with Gasteiger partial charge in [0, 0.05) is 32.4 Å². The number of carboxylic acid groups (broad SMARTS) is 1. The second-order valence-electron chi connectivity index (χ2n) is 6.68. The zero-order valence-corrected chi connectivity index (χ0v) is 17.4. The van der Waals surface area contributed by atoms with Crippen molar-refractivity contribution in [2.75, 3.05) is 32.8 Å². The Kier molecular flexibility index (Phi) is 6.73. The molecule has 1 amide bonds. The number of carboxylic acids is 1. The van der Waals surface area contributed by atoms with E-state index in [9.17, 15) is 18.0 Å². The maximum atomic E-state index is 12.9. The van der Waals surface area contributed by atoms with Crippen molar-refractivity contribution in [3.05, 3.63) is 42.2 Å². The molecule has 162 valence electrons. The lowest BCUT2D eigenvalue weighted by Crippen LogP contribution is -2.50. The molecule has 1 aromatic heterocycles. The number of amides is 1. The number of hydrogen-bond donors (Lipinski definition) is 1. The van der Waals surface area contributed by atoms with Gasteiger partial charge in [-0.1, -0.05) is 0 Å². The summed E-state index contributed by atoms with van der Waals surface area (Å²) in [6.45, 7) is 3.25. The van der Waals surface area contributed by atoms with Gasteiger partial charge in [0.05, 0.1) is 24.5 Å². The van der Waals surface area contributed by atoms with Gasteiger partial charge in [-0.15, -0.1) is 0 Å². The van der Waals surface area contributed by atoms with E-state index in [4.69, 9.17) is 9.84 Å². The molecule has 1 saturated heterocycles. The molecule has 10 nitrogen and oxygen atoms in total. The Morgan fingerprint density at radius 2 is 1.77 bits per heavy atom. The van der Waals surface area contributed by atoms with E-state index < -0.39 is 16.0 Å². The Labute approximate surface area is 174 Å². The molecule has 0 radical (unpaired) electrons. The predicted octanol–water partition coefficient (Wildman–Crippen LogP) is 0.903. The van der Waals surface area contributed by atoms with Crippen LogP contribution in [0.1, 0.15) is 23.8 Å². The summed E-state index contributed by atoms with van der Waals surface area (Å²) in [5, 5.41) is 12.8. The molecule has 1 aromatic carbocycles. The number of nitrogens with zero attached hydrogens (tertiary/aromatic N) is 4. The van der Waals surface area contributed by atoms with Crippen molar-refractivity contribution >= 4 is 21.9 Å². The van der Waals surface area contributed by atoms with E-state index in [-0.39, 0.29) is 49.9 Å². The van der Waals surface area contributed by atoms with Crippen molar-refractivity contribution in [2.24, 2.45) is 0 Å². The number of ether oxygens (including phenoxy) is 1. The zero-order chi connectivity index (χ0) is 21.7. The number of carbonyl (C=O) groups excluding carboxylic acids is 1. The molecule has 0 unspecified atom stereocenters. The highest BCUT2D eigenvalue weighted by molar-refractivity contribution is 7.89. The summed E-state index contributed by atoms with van der Waals surface area (Å²) in [6, 6.07) is 7.80. The fourth-order valence-electron chi connectivity index (χ4n) is 3.21. The second-order valence-corrected chi connectivity index (χ2v) is 8.62. The van der Waals surface area contributed by atoms with Crippen LogP contribution in [0.4, 0.5) is 0 Å². The Balaban J connectivity index is 1.63. The van der Waals surface area contributed by atoms with Crippen molar-refractivity contribution < 1.29 is 27.9 Å². The number of piperazine rings is 1. The third kappa shape index (κ3) is 4.79. The van der Waals surface area contributed by atoms with Crippen LogP contribution in [0.25, 0.3) is 0 Å². The molecule has 1 aliphatic rings. The van der Waals surface area contributed by atoms with Gasteiger partial charge in [0.15, 0.2) is 0 Å². The number of aromatic nitrogens is 2. The second kappa shape index (κ2) is 9.26. The molecule has 30 heavy (non-hydrogen) atoms. The average Bonchev–Trinajstić information content (AvgIpc) is 3.21. The third-order valence-electron chi connectivity index (χ3n) is 4.77.